The predicted octanol–water partition coefficient (Wildman–Crippen LogP) is 0.280. The molecule has 10 nitrogen and oxygen atoms in total. The highest BCUT2D eigenvalue weighted by Gasteiger charge is 2.24. The summed E-state index contributed by atoms with van der Waals surface area (Å²) >= 11 is 1.25. The number of methoxy groups -OCH3 is 1. The summed E-state index contributed by atoms with van der Waals surface area (Å²) < 4.78 is 8.14. The predicted molar refractivity (Wildman–Crippen MR) is 109 cm³/mol. The molecule has 2 aromatic heterocycles. The summed E-state index contributed by atoms with van der Waals surface area (Å²) in [6, 6.07) is 0. The number of thioether (sulfide) groups is 1. The maximum Gasteiger partial charge on any atom is 0.330 e. The first kappa shape index (κ1) is 21.8. The van der Waals surface area contributed by atoms with Crippen LogP contribution in [0.3, 0.4) is 0 Å². The second-order valence-corrected chi connectivity index (χ2v) is 7.59. The van der Waals surface area contributed by atoms with Crippen molar-refractivity contribution >= 4 is 29.2 Å². The van der Waals surface area contributed by atoms with Crippen molar-refractivity contribution in [3.05, 3.63) is 33.2 Å². The maximum absolute atomic E-state index is 12.9. The molecule has 154 valence electrons. The molecular weight excluding hydrogens is 384 g/mol. The summed E-state index contributed by atoms with van der Waals surface area (Å²) in [5, 5.41) is 0.673. The number of carbonyl (C=O) groups excluding carboxylic acids is 1. The largest absolute Gasteiger partial charge is 0.383 e. The van der Waals surface area contributed by atoms with Crippen molar-refractivity contribution in [3.63, 3.8) is 0 Å². The smallest absolute Gasteiger partial charge is 0.330 e. The van der Waals surface area contributed by atoms with Gasteiger partial charge in [-0.2, -0.15) is 0 Å². The Morgan fingerprint density at radius 1 is 1.43 bits per heavy atom. The lowest BCUT2D eigenvalue weighted by Gasteiger charge is -2.24. The van der Waals surface area contributed by atoms with E-state index < -0.39 is 11.2 Å². The van der Waals surface area contributed by atoms with Crippen LogP contribution < -0.4 is 21.9 Å². The molecule has 0 saturated heterocycles. The number of carbonyl (C=O) groups is 1. The number of H-pyrrole nitrogens is 1. The molecule has 0 atom stereocenters. The Bertz CT molecular complexity index is 932. The second-order valence-electron chi connectivity index (χ2n) is 6.65. The zero-order valence-corrected chi connectivity index (χ0v) is 17.3. The summed E-state index contributed by atoms with van der Waals surface area (Å²) in [7, 11) is 3.32. The number of hydrogen-bond acceptors (Lipinski definition) is 7. The number of aromatic nitrogens is 4. The third-order valence-electron chi connectivity index (χ3n) is 3.95. The third kappa shape index (κ3) is 5.04. The van der Waals surface area contributed by atoms with Gasteiger partial charge >= 0.3 is 5.69 Å². The number of rotatable bonds is 9. The minimum absolute atomic E-state index is 0.0334. The highest BCUT2D eigenvalue weighted by molar-refractivity contribution is 7.99. The van der Waals surface area contributed by atoms with Crippen LogP contribution in [-0.2, 0) is 23.1 Å². The Labute approximate surface area is 166 Å². The highest BCUT2D eigenvalue weighted by Crippen LogP contribution is 2.21. The molecule has 0 bridgehead atoms. The first-order valence-electron chi connectivity index (χ1n) is 8.78. The Morgan fingerprint density at radius 2 is 2.14 bits per heavy atom. The van der Waals surface area contributed by atoms with Crippen molar-refractivity contribution in [2.45, 2.75) is 25.5 Å². The SMILES string of the molecule is COCCN(C(=O)CSc1nccn1C)c1c(N)n(CC(C)C)c(=O)[nH]c1=O. The molecule has 1 amide bonds. The van der Waals surface area contributed by atoms with Crippen LogP contribution in [0.25, 0.3) is 0 Å². The number of anilines is 2. The number of nitrogens with two attached hydrogens (primary N) is 1. The summed E-state index contributed by atoms with van der Waals surface area (Å²) in [4.78, 5) is 45.2. The number of nitrogens with zero attached hydrogens (tertiary/aromatic N) is 4. The van der Waals surface area contributed by atoms with Crippen LogP contribution in [0.15, 0.2) is 27.1 Å². The zero-order valence-electron chi connectivity index (χ0n) is 16.5. The average molecular weight is 411 g/mol. The van der Waals surface area contributed by atoms with Crippen LogP contribution in [0.1, 0.15) is 13.8 Å². The van der Waals surface area contributed by atoms with Gasteiger partial charge in [0.25, 0.3) is 5.56 Å². The average Bonchev–Trinajstić information content (AvgIpc) is 3.04. The molecule has 0 spiro atoms. The normalized spacial score (nSPS) is 11.2. The van der Waals surface area contributed by atoms with E-state index in [0.29, 0.717) is 11.7 Å². The van der Waals surface area contributed by atoms with Gasteiger partial charge in [0, 0.05) is 39.6 Å². The van der Waals surface area contributed by atoms with E-state index in [1.165, 1.54) is 28.3 Å². The fourth-order valence-corrected chi connectivity index (χ4v) is 3.43. The fraction of sp³-hybridized carbons (Fsp3) is 0.529. The summed E-state index contributed by atoms with van der Waals surface area (Å²) in [5.74, 6) is -0.191. The first-order chi connectivity index (χ1) is 13.3. The van der Waals surface area contributed by atoms with E-state index in [9.17, 15) is 14.4 Å². The number of aromatic amines is 1. The molecule has 0 aliphatic rings. The molecule has 0 fully saturated rings. The molecule has 0 aliphatic heterocycles. The molecule has 3 N–H and O–H groups in total. The first-order valence-corrected chi connectivity index (χ1v) is 9.76. The second kappa shape index (κ2) is 9.60. The molecule has 2 heterocycles. The van der Waals surface area contributed by atoms with E-state index in [2.05, 4.69) is 9.97 Å². The standard InChI is InChI=1S/C17H26N6O4S/c1-11(2)9-23-14(18)13(15(25)20-16(23)26)22(7-8-27-4)12(24)10-28-17-19-5-6-21(17)3/h5-6,11H,7-10,18H2,1-4H3,(H,20,25,26). The van der Waals surface area contributed by atoms with E-state index in [-0.39, 0.29) is 42.2 Å². The van der Waals surface area contributed by atoms with Gasteiger partial charge in [-0.3, -0.25) is 19.1 Å². The van der Waals surface area contributed by atoms with Crippen LogP contribution in [0.4, 0.5) is 11.5 Å². The van der Waals surface area contributed by atoms with Crippen molar-refractivity contribution < 1.29 is 9.53 Å². The summed E-state index contributed by atoms with van der Waals surface area (Å²) in [5.41, 5.74) is 4.81. The third-order valence-corrected chi connectivity index (χ3v) is 5.00. The van der Waals surface area contributed by atoms with Gasteiger partial charge in [-0.05, 0) is 5.92 Å². The van der Waals surface area contributed by atoms with E-state index in [1.54, 1.807) is 17.0 Å². The van der Waals surface area contributed by atoms with Crippen LogP contribution in [0, 0.1) is 5.92 Å². The molecule has 2 rings (SSSR count). The minimum Gasteiger partial charge on any atom is -0.383 e. The monoisotopic (exact) mass is 410 g/mol. The van der Waals surface area contributed by atoms with Gasteiger partial charge < -0.3 is 19.9 Å². The molecule has 28 heavy (non-hydrogen) atoms. The van der Waals surface area contributed by atoms with Gasteiger partial charge in [-0.1, -0.05) is 25.6 Å². The van der Waals surface area contributed by atoms with Gasteiger partial charge in [0.2, 0.25) is 5.91 Å². The van der Waals surface area contributed by atoms with Gasteiger partial charge in [0.1, 0.15) is 5.82 Å². The van der Waals surface area contributed by atoms with Crippen molar-refractivity contribution in [2.75, 3.05) is 36.6 Å². The van der Waals surface area contributed by atoms with Crippen LogP contribution >= 0.6 is 11.8 Å². The molecule has 0 aliphatic carbocycles. The maximum atomic E-state index is 12.9. The number of amides is 1. The molecule has 2 aromatic rings. The number of nitrogens with one attached hydrogen (secondary N) is 1. The zero-order chi connectivity index (χ0) is 20.8. The number of ether oxygens (including phenoxy) is 1. The Morgan fingerprint density at radius 3 is 2.71 bits per heavy atom. The lowest BCUT2D eigenvalue weighted by molar-refractivity contribution is -0.116. The van der Waals surface area contributed by atoms with Gasteiger partial charge in [-0.25, -0.2) is 9.78 Å². The summed E-state index contributed by atoms with van der Waals surface area (Å²) in [6.45, 7) is 4.51. The van der Waals surface area contributed by atoms with Crippen molar-refractivity contribution in [1.29, 1.82) is 0 Å². The topological polar surface area (TPSA) is 128 Å². The van der Waals surface area contributed by atoms with E-state index >= 15 is 0 Å². The Balaban J connectivity index is 2.38. The van der Waals surface area contributed by atoms with Crippen molar-refractivity contribution in [3.8, 4) is 0 Å². The number of hydrogen-bond donors (Lipinski definition) is 2. The highest BCUT2D eigenvalue weighted by atomic mass is 32.2. The fourth-order valence-electron chi connectivity index (χ4n) is 2.62. The minimum atomic E-state index is -0.700. The van der Waals surface area contributed by atoms with Gasteiger partial charge in [0.15, 0.2) is 10.8 Å². The molecule has 0 saturated carbocycles. The van der Waals surface area contributed by atoms with Gasteiger partial charge in [-0.15, -0.1) is 0 Å². The van der Waals surface area contributed by atoms with Crippen LogP contribution in [-0.4, -0.2) is 51.0 Å². The van der Waals surface area contributed by atoms with Crippen molar-refractivity contribution in [2.24, 2.45) is 13.0 Å². The molecule has 0 unspecified atom stereocenters. The quantitative estimate of drug-likeness (QED) is 0.568. The molecular formula is C17H26N6O4S. The lowest BCUT2D eigenvalue weighted by atomic mass is 10.2. The van der Waals surface area contributed by atoms with Crippen LogP contribution in [0.2, 0.25) is 0 Å². The molecule has 0 aromatic carbocycles. The molecule has 11 heteroatoms. The van der Waals surface area contributed by atoms with E-state index in [4.69, 9.17) is 10.5 Å². The number of imidazole rings is 1. The van der Waals surface area contributed by atoms with E-state index in [1.807, 2.05) is 20.9 Å². The Hall–Kier alpha value is -2.53. The van der Waals surface area contributed by atoms with Gasteiger partial charge in [0.05, 0.1) is 12.4 Å². The summed E-state index contributed by atoms with van der Waals surface area (Å²) in [6.07, 6.45) is 3.42. The van der Waals surface area contributed by atoms with E-state index in [0.717, 1.165) is 0 Å². The molecule has 0 radical (unpaired) electrons. The number of aryl methyl sites for hydroxylation is 1. The van der Waals surface area contributed by atoms with Crippen LogP contribution in [0.5, 0.6) is 0 Å². The number of nitrogen functional groups attached to an aromatic ring is 1. The lowest BCUT2D eigenvalue weighted by Crippen LogP contribution is -2.43. The van der Waals surface area contributed by atoms with Crippen molar-refractivity contribution in [1.82, 2.24) is 19.1 Å². The Kier molecular flexibility index (Phi) is 7.46.